The summed E-state index contributed by atoms with van der Waals surface area (Å²) in [6, 6.07) is 16.8. The minimum atomic E-state index is -0.441. The van der Waals surface area contributed by atoms with Crippen LogP contribution in [0, 0.1) is 5.92 Å². The maximum atomic E-state index is 12.7. The van der Waals surface area contributed by atoms with Crippen LogP contribution in [0.15, 0.2) is 58.9 Å². The molecule has 1 unspecified atom stereocenters. The summed E-state index contributed by atoms with van der Waals surface area (Å²) in [5.41, 5.74) is 0.749. The van der Waals surface area contributed by atoms with Gasteiger partial charge < -0.3 is 19.7 Å². The molecule has 0 aliphatic carbocycles. The monoisotopic (exact) mass is 470 g/mol. The van der Waals surface area contributed by atoms with Crippen LogP contribution in [-0.2, 0) is 9.59 Å². The molecule has 0 saturated carbocycles. The number of ether oxygens (including phenoxy) is 2. The van der Waals surface area contributed by atoms with E-state index in [4.69, 9.17) is 9.47 Å². The summed E-state index contributed by atoms with van der Waals surface area (Å²) < 4.78 is 11.6. The fourth-order valence-electron chi connectivity index (χ4n) is 3.23. The van der Waals surface area contributed by atoms with E-state index >= 15 is 0 Å². The molecule has 2 aromatic carbocycles. The highest BCUT2D eigenvalue weighted by atomic mass is 32.2. The van der Waals surface area contributed by atoms with Crippen LogP contribution in [0.1, 0.15) is 6.42 Å². The Kier molecular flexibility index (Phi) is 7.23. The molecular formula is C22H22N4O4S2. The van der Waals surface area contributed by atoms with Crippen LogP contribution < -0.4 is 19.7 Å². The third-order valence-corrected chi connectivity index (χ3v) is 6.77. The Morgan fingerprint density at radius 1 is 1.16 bits per heavy atom. The Morgan fingerprint density at radius 2 is 1.94 bits per heavy atom. The second-order valence-corrected chi connectivity index (χ2v) is 9.30. The molecule has 0 spiro atoms. The van der Waals surface area contributed by atoms with Crippen molar-refractivity contribution in [3.8, 4) is 11.5 Å². The molecule has 2 heterocycles. The number of thioether (sulfide) groups is 1. The molecular weight excluding hydrogens is 448 g/mol. The first-order valence-corrected chi connectivity index (χ1v) is 11.8. The second kappa shape index (κ2) is 10.5. The molecule has 1 aliphatic heterocycles. The van der Waals surface area contributed by atoms with Crippen molar-refractivity contribution in [3.05, 3.63) is 54.6 Å². The average molecular weight is 471 g/mol. The maximum absolute atomic E-state index is 12.7. The molecule has 1 saturated heterocycles. The molecule has 1 fully saturated rings. The molecule has 1 aliphatic rings. The summed E-state index contributed by atoms with van der Waals surface area (Å²) >= 11 is 2.83. The van der Waals surface area contributed by atoms with E-state index in [2.05, 4.69) is 15.5 Å². The number of amides is 2. The number of methoxy groups -OCH3 is 1. The summed E-state index contributed by atoms with van der Waals surface area (Å²) in [4.78, 5) is 26.7. The second-order valence-electron chi connectivity index (χ2n) is 6.98. The number of anilines is 2. The Morgan fingerprint density at radius 3 is 2.69 bits per heavy atom. The van der Waals surface area contributed by atoms with Crippen molar-refractivity contribution in [2.75, 3.05) is 36.2 Å². The number of hydrogen-bond acceptors (Lipinski definition) is 8. The number of nitrogens with zero attached hydrogens (tertiary/aromatic N) is 3. The quantitative estimate of drug-likeness (QED) is 0.289. The van der Waals surface area contributed by atoms with Gasteiger partial charge in [0.25, 0.3) is 0 Å². The van der Waals surface area contributed by atoms with Gasteiger partial charge in [-0.1, -0.05) is 41.3 Å². The van der Waals surface area contributed by atoms with E-state index in [0.29, 0.717) is 29.8 Å². The minimum Gasteiger partial charge on any atom is -0.497 e. The van der Waals surface area contributed by atoms with E-state index in [0.717, 1.165) is 15.8 Å². The molecule has 2 amide bonds. The zero-order valence-corrected chi connectivity index (χ0v) is 19.0. The van der Waals surface area contributed by atoms with E-state index in [1.807, 2.05) is 42.5 Å². The van der Waals surface area contributed by atoms with Gasteiger partial charge in [-0.15, -0.1) is 10.2 Å². The van der Waals surface area contributed by atoms with E-state index < -0.39 is 5.92 Å². The summed E-state index contributed by atoms with van der Waals surface area (Å²) in [5.74, 6) is 1.51. The first kappa shape index (κ1) is 22.1. The normalized spacial score (nSPS) is 15.6. The molecule has 10 heteroatoms. The number of aromatic nitrogens is 2. The van der Waals surface area contributed by atoms with Crippen molar-refractivity contribution >= 4 is 45.7 Å². The zero-order valence-electron chi connectivity index (χ0n) is 17.4. The molecule has 4 rings (SSSR count). The van der Waals surface area contributed by atoms with Crippen molar-refractivity contribution in [2.24, 2.45) is 5.92 Å². The van der Waals surface area contributed by atoms with Gasteiger partial charge >= 0.3 is 0 Å². The van der Waals surface area contributed by atoms with Gasteiger partial charge in [-0.05, 0) is 36.4 Å². The summed E-state index contributed by atoms with van der Waals surface area (Å²) in [5, 5.41) is 11.4. The molecule has 3 aromatic rings. The fourth-order valence-corrected chi connectivity index (χ4v) is 4.87. The maximum Gasteiger partial charge on any atom is 0.231 e. The summed E-state index contributed by atoms with van der Waals surface area (Å²) in [6.07, 6.45) is 0.162. The molecule has 1 atom stereocenters. The van der Waals surface area contributed by atoms with Crippen LogP contribution in [0.2, 0.25) is 0 Å². The Balaban J connectivity index is 1.25. The summed E-state index contributed by atoms with van der Waals surface area (Å²) in [7, 11) is 1.59. The van der Waals surface area contributed by atoms with Crippen molar-refractivity contribution in [1.82, 2.24) is 10.2 Å². The van der Waals surface area contributed by atoms with Gasteiger partial charge in [0, 0.05) is 24.4 Å². The Hall–Kier alpha value is -3.11. The number of rotatable bonds is 9. The minimum absolute atomic E-state index is 0.0813. The third-order valence-electron chi connectivity index (χ3n) is 4.84. The lowest BCUT2D eigenvalue weighted by Gasteiger charge is -2.16. The first-order valence-electron chi connectivity index (χ1n) is 10.0. The third kappa shape index (κ3) is 5.57. The standard InChI is InChI=1S/C22H22N4O4S2/c1-29-17-9-7-16(8-10-17)26-14-15(13-19(26)27)20(28)23-21-24-25-22(32-21)31-12-11-30-18-5-3-2-4-6-18/h2-10,15H,11-14H2,1H3,(H,23,24,28). The van der Waals surface area contributed by atoms with Crippen LogP contribution >= 0.6 is 23.1 Å². The average Bonchev–Trinajstić information content (AvgIpc) is 3.44. The van der Waals surface area contributed by atoms with Gasteiger partial charge in [0.1, 0.15) is 11.5 Å². The van der Waals surface area contributed by atoms with Crippen molar-refractivity contribution in [1.29, 1.82) is 0 Å². The number of hydrogen-bond donors (Lipinski definition) is 1. The highest BCUT2D eigenvalue weighted by Gasteiger charge is 2.35. The molecule has 0 radical (unpaired) electrons. The SMILES string of the molecule is COc1ccc(N2CC(C(=O)Nc3nnc(SCCOc4ccccc4)s3)CC2=O)cc1. The van der Waals surface area contributed by atoms with E-state index in [1.54, 1.807) is 24.1 Å². The van der Waals surface area contributed by atoms with Gasteiger partial charge in [-0.3, -0.25) is 9.59 Å². The summed E-state index contributed by atoms with van der Waals surface area (Å²) in [6.45, 7) is 0.871. The number of carbonyl (C=O) groups is 2. The zero-order chi connectivity index (χ0) is 22.3. The first-order chi connectivity index (χ1) is 15.6. The van der Waals surface area contributed by atoms with Crippen LogP contribution in [0.3, 0.4) is 0 Å². The van der Waals surface area contributed by atoms with Crippen LogP contribution in [0.5, 0.6) is 11.5 Å². The van der Waals surface area contributed by atoms with Crippen molar-refractivity contribution in [2.45, 2.75) is 10.8 Å². The van der Waals surface area contributed by atoms with Crippen LogP contribution in [-0.4, -0.2) is 48.0 Å². The van der Waals surface area contributed by atoms with E-state index in [-0.39, 0.29) is 18.2 Å². The highest BCUT2D eigenvalue weighted by Crippen LogP contribution is 2.29. The number of para-hydroxylation sites is 1. The molecule has 1 aromatic heterocycles. The lowest BCUT2D eigenvalue weighted by Crippen LogP contribution is -2.28. The van der Waals surface area contributed by atoms with E-state index in [9.17, 15) is 9.59 Å². The molecule has 1 N–H and O–H groups in total. The van der Waals surface area contributed by atoms with Crippen LogP contribution in [0.4, 0.5) is 10.8 Å². The van der Waals surface area contributed by atoms with Gasteiger partial charge in [0.2, 0.25) is 16.9 Å². The van der Waals surface area contributed by atoms with Gasteiger partial charge in [0.15, 0.2) is 4.34 Å². The van der Waals surface area contributed by atoms with Crippen LogP contribution in [0.25, 0.3) is 0 Å². The fraction of sp³-hybridized carbons (Fsp3) is 0.273. The predicted molar refractivity (Wildman–Crippen MR) is 125 cm³/mol. The smallest absolute Gasteiger partial charge is 0.231 e. The highest BCUT2D eigenvalue weighted by molar-refractivity contribution is 8.01. The molecule has 166 valence electrons. The predicted octanol–water partition coefficient (Wildman–Crippen LogP) is 3.71. The Labute approximate surface area is 193 Å². The molecule has 32 heavy (non-hydrogen) atoms. The number of nitrogens with one attached hydrogen (secondary N) is 1. The topological polar surface area (TPSA) is 93.7 Å². The molecule has 8 nitrogen and oxygen atoms in total. The Bertz CT molecular complexity index is 1060. The van der Waals surface area contributed by atoms with Gasteiger partial charge in [-0.25, -0.2) is 0 Å². The van der Waals surface area contributed by atoms with E-state index in [1.165, 1.54) is 23.1 Å². The lowest BCUT2D eigenvalue weighted by atomic mass is 10.1. The van der Waals surface area contributed by atoms with Crippen molar-refractivity contribution < 1.29 is 19.1 Å². The largest absolute Gasteiger partial charge is 0.497 e. The lowest BCUT2D eigenvalue weighted by molar-refractivity contribution is -0.122. The van der Waals surface area contributed by atoms with Gasteiger partial charge in [0.05, 0.1) is 19.6 Å². The number of carbonyl (C=O) groups excluding carboxylic acids is 2. The number of benzene rings is 2. The van der Waals surface area contributed by atoms with Crippen molar-refractivity contribution in [3.63, 3.8) is 0 Å². The van der Waals surface area contributed by atoms with Gasteiger partial charge in [-0.2, -0.15) is 0 Å². The molecule has 0 bridgehead atoms.